The van der Waals surface area contributed by atoms with E-state index in [2.05, 4.69) is 4.72 Å². The average molecular weight is 412 g/mol. The largest absolute Gasteiger partial charge is 0.338 e. The smallest absolute Gasteiger partial charge is 0.253 e. The summed E-state index contributed by atoms with van der Waals surface area (Å²) in [6.07, 6.45) is 0. The molecule has 0 aliphatic rings. The Labute approximate surface area is 167 Å². The summed E-state index contributed by atoms with van der Waals surface area (Å²) in [5.41, 5.74) is 6.77. The third kappa shape index (κ3) is 5.77. The van der Waals surface area contributed by atoms with E-state index in [1.54, 1.807) is 26.1 Å². The summed E-state index contributed by atoms with van der Waals surface area (Å²) in [5, 5.41) is 0. The van der Waals surface area contributed by atoms with E-state index in [0.29, 0.717) is 12.1 Å². The molecule has 2 aromatic carbocycles. The molecule has 0 radical (unpaired) electrons. The van der Waals surface area contributed by atoms with Gasteiger partial charge < -0.3 is 10.6 Å². The lowest BCUT2D eigenvalue weighted by Gasteiger charge is -2.24. The van der Waals surface area contributed by atoms with Crippen molar-refractivity contribution >= 4 is 28.3 Å². The number of hydrogen-bond donors (Lipinski definition) is 2. The number of nitrogens with two attached hydrogens (primary N) is 1. The van der Waals surface area contributed by atoms with Crippen LogP contribution in [0.25, 0.3) is 0 Å². The van der Waals surface area contributed by atoms with Gasteiger partial charge in [-0.2, -0.15) is 0 Å². The van der Waals surface area contributed by atoms with E-state index in [1.165, 1.54) is 17.0 Å². The molecule has 1 amide bonds. The zero-order valence-electron chi connectivity index (χ0n) is 15.6. The van der Waals surface area contributed by atoms with E-state index in [0.717, 1.165) is 5.56 Å². The number of carbonyl (C=O) groups excluding carboxylic acids is 1. The molecule has 148 valence electrons. The molecule has 3 N–H and O–H groups in total. The average Bonchev–Trinajstić information content (AvgIpc) is 2.66. The van der Waals surface area contributed by atoms with E-state index in [1.807, 2.05) is 37.3 Å². The molecule has 8 heteroatoms. The molecule has 0 aliphatic heterocycles. The van der Waals surface area contributed by atoms with Crippen LogP contribution in [0.4, 0.5) is 0 Å². The summed E-state index contributed by atoms with van der Waals surface area (Å²) in [5.74, 6) is -0.267. The third-order valence-electron chi connectivity index (χ3n) is 4.35. The molecule has 0 spiro atoms. The van der Waals surface area contributed by atoms with Crippen LogP contribution in [0.15, 0.2) is 59.5 Å². The van der Waals surface area contributed by atoms with Gasteiger partial charge in [0, 0.05) is 31.2 Å². The topological polar surface area (TPSA) is 92.5 Å². The van der Waals surface area contributed by atoms with Crippen molar-refractivity contribution in [1.29, 1.82) is 0 Å². The summed E-state index contributed by atoms with van der Waals surface area (Å²) in [6.45, 7) is 3.94. The van der Waals surface area contributed by atoms with Crippen LogP contribution in [0.2, 0.25) is 0 Å². The standard InChI is InChI=1S/C19H25N3O3S.ClH/c1-14(13-20)22(3)19(23)17-10-7-11-18(12-17)26(24,25)21-15(2)16-8-5-4-6-9-16;/h4-12,14-15,21H,13,20H2,1-3H3;1H. The second kappa shape index (κ2) is 9.85. The Balaban J connectivity index is 0.00000364. The molecule has 6 nitrogen and oxygen atoms in total. The van der Waals surface area contributed by atoms with E-state index in [4.69, 9.17) is 5.73 Å². The van der Waals surface area contributed by atoms with E-state index in [-0.39, 0.29) is 35.3 Å². The molecule has 0 heterocycles. The molecule has 2 aromatic rings. The van der Waals surface area contributed by atoms with Crippen molar-refractivity contribution < 1.29 is 13.2 Å². The van der Waals surface area contributed by atoms with Crippen LogP contribution in [-0.4, -0.2) is 38.9 Å². The Morgan fingerprint density at radius 3 is 2.33 bits per heavy atom. The Morgan fingerprint density at radius 1 is 1.11 bits per heavy atom. The molecule has 0 saturated carbocycles. The van der Waals surface area contributed by atoms with Crippen LogP contribution in [0.3, 0.4) is 0 Å². The number of nitrogens with zero attached hydrogens (tertiary/aromatic N) is 1. The van der Waals surface area contributed by atoms with Gasteiger partial charge in [-0.25, -0.2) is 13.1 Å². The lowest BCUT2D eigenvalue weighted by Crippen LogP contribution is -2.39. The van der Waals surface area contributed by atoms with Gasteiger partial charge in [0.05, 0.1) is 4.90 Å². The highest BCUT2D eigenvalue weighted by molar-refractivity contribution is 7.89. The molecular weight excluding hydrogens is 386 g/mol. The molecule has 0 fully saturated rings. The second-order valence-electron chi connectivity index (χ2n) is 6.28. The van der Waals surface area contributed by atoms with Gasteiger partial charge in [0.15, 0.2) is 0 Å². The fourth-order valence-corrected chi connectivity index (χ4v) is 3.75. The maximum atomic E-state index is 12.7. The Hall–Kier alpha value is -1.93. The van der Waals surface area contributed by atoms with Crippen LogP contribution in [-0.2, 0) is 10.0 Å². The number of nitrogens with one attached hydrogen (secondary N) is 1. The van der Waals surface area contributed by atoms with Crippen LogP contribution < -0.4 is 10.5 Å². The van der Waals surface area contributed by atoms with Gasteiger partial charge in [0.25, 0.3) is 5.91 Å². The molecule has 0 saturated heterocycles. The van der Waals surface area contributed by atoms with Gasteiger partial charge in [0.2, 0.25) is 10.0 Å². The number of sulfonamides is 1. The zero-order valence-corrected chi connectivity index (χ0v) is 17.3. The lowest BCUT2D eigenvalue weighted by atomic mass is 10.1. The van der Waals surface area contributed by atoms with Gasteiger partial charge in [-0.3, -0.25) is 4.79 Å². The van der Waals surface area contributed by atoms with Crippen LogP contribution >= 0.6 is 12.4 Å². The number of amides is 1. The van der Waals surface area contributed by atoms with Crippen molar-refractivity contribution in [3.63, 3.8) is 0 Å². The first-order chi connectivity index (χ1) is 12.3. The number of carbonyl (C=O) groups is 1. The Kier molecular flexibility index (Phi) is 8.43. The minimum absolute atomic E-state index is 0. The highest BCUT2D eigenvalue weighted by atomic mass is 35.5. The molecule has 0 bridgehead atoms. The SMILES string of the molecule is CC(NS(=O)(=O)c1cccc(C(=O)N(C)C(C)CN)c1)c1ccccc1.Cl. The second-order valence-corrected chi connectivity index (χ2v) is 8.00. The van der Waals surface area contributed by atoms with Crippen molar-refractivity contribution in [3.8, 4) is 0 Å². The first-order valence-electron chi connectivity index (χ1n) is 8.41. The highest BCUT2D eigenvalue weighted by Gasteiger charge is 2.21. The van der Waals surface area contributed by atoms with Gasteiger partial charge >= 0.3 is 0 Å². The van der Waals surface area contributed by atoms with Crippen LogP contribution in [0, 0.1) is 0 Å². The number of likely N-dealkylation sites (N-methyl/N-ethyl adjacent to an activating group) is 1. The third-order valence-corrected chi connectivity index (χ3v) is 5.88. The summed E-state index contributed by atoms with van der Waals surface area (Å²) in [6, 6.07) is 14.8. The zero-order chi connectivity index (χ0) is 19.3. The molecular formula is C19H26ClN3O3S. The molecule has 2 unspecified atom stereocenters. The van der Waals surface area contributed by atoms with Crippen molar-refractivity contribution in [2.24, 2.45) is 5.73 Å². The number of rotatable bonds is 7. The predicted molar refractivity (Wildman–Crippen MR) is 109 cm³/mol. The van der Waals surface area contributed by atoms with Gasteiger partial charge in [-0.1, -0.05) is 36.4 Å². The van der Waals surface area contributed by atoms with Crippen molar-refractivity contribution in [1.82, 2.24) is 9.62 Å². The number of hydrogen-bond acceptors (Lipinski definition) is 4. The van der Waals surface area contributed by atoms with Gasteiger partial charge in [-0.15, -0.1) is 12.4 Å². The monoisotopic (exact) mass is 411 g/mol. The van der Waals surface area contributed by atoms with Crippen molar-refractivity contribution in [2.75, 3.05) is 13.6 Å². The molecule has 2 rings (SSSR count). The molecule has 0 aromatic heterocycles. The summed E-state index contributed by atoms with van der Waals surface area (Å²) in [7, 11) is -2.11. The minimum Gasteiger partial charge on any atom is -0.338 e. The Morgan fingerprint density at radius 2 is 1.74 bits per heavy atom. The maximum Gasteiger partial charge on any atom is 0.253 e. The number of halogens is 1. The normalized spacial score (nSPS) is 13.3. The van der Waals surface area contributed by atoms with Crippen LogP contribution in [0.1, 0.15) is 35.8 Å². The molecule has 2 atom stereocenters. The molecule has 27 heavy (non-hydrogen) atoms. The van der Waals surface area contributed by atoms with Crippen LogP contribution in [0.5, 0.6) is 0 Å². The minimum atomic E-state index is -3.76. The first-order valence-corrected chi connectivity index (χ1v) is 9.89. The first kappa shape index (κ1) is 23.1. The van der Waals surface area contributed by atoms with Crippen molar-refractivity contribution in [2.45, 2.75) is 30.8 Å². The summed E-state index contributed by atoms with van der Waals surface area (Å²) in [4.78, 5) is 14.1. The summed E-state index contributed by atoms with van der Waals surface area (Å²) < 4.78 is 28.0. The highest BCUT2D eigenvalue weighted by Crippen LogP contribution is 2.18. The lowest BCUT2D eigenvalue weighted by molar-refractivity contribution is 0.0748. The fourth-order valence-electron chi connectivity index (χ4n) is 2.47. The predicted octanol–water partition coefficient (Wildman–Crippen LogP) is 2.57. The molecule has 0 aliphatic carbocycles. The van der Waals surface area contributed by atoms with E-state index >= 15 is 0 Å². The van der Waals surface area contributed by atoms with Crippen molar-refractivity contribution in [3.05, 3.63) is 65.7 Å². The Bertz CT molecular complexity index is 860. The fraction of sp³-hybridized carbons (Fsp3) is 0.316. The number of benzene rings is 2. The van der Waals surface area contributed by atoms with Gasteiger partial charge in [0.1, 0.15) is 0 Å². The van der Waals surface area contributed by atoms with E-state index < -0.39 is 10.0 Å². The quantitative estimate of drug-likeness (QED) is 0.732. The maximum absolute atomic E-state index is 12.7. The van der Waals surface area contributed by atoms with E-state index in [9.17, 15) is 13.2 Å². The van der Waals surface area contributed by atoms with Gasteiger partial charge in [-0.05, 0) is 37.6 Å². The summed E-state index contributed by atoms with van der Waals surface area (Å²) >= 11 is 0.